The van der Waals surface area contributed by atoms with Crippen LogP contribution in [0.3, 0.4) is 0 Å². The van der Waals surface area contributed by atoms with Crippen LogP contribution in [0.25, 0.3) is 16.6 Å². The van der Waals surface area contributed by atoms with Crippen LogP contribution in [0.4, 0.5) is 11.4 Å². The molecule has 1 aliphatic heterocycles. The molecule has 142 valence electrons. The van der Waals surface area contributed by atoms with E-state index < -0.39 is 0 Å². The molecular formula is C21H21N5O2. The number of aliphatic hydroxyl groups is 1. The third-order valence-electron chi connectivity index (χ3n) is 4.94. The van der Waals surface area contributed by atoms with Crippen molar-refractivity contribution < 1.29 is 9.90 Å². The molecule has 0 aliphatic carbocycles. The molecule has 1 amide bonds. The quantitative estimate of drug-likeness (QED) is 0.557. The molecule has 0 radical (unpaired) electrons. The van der Waals surface area contributed by atoms with Crippen LogP contribution in [0.2, 0.25) is 0 Å². The second-order valence-corrected chi connectivity index (χ2v) is 7.02. The number of amidine groups is 1. The zero-order valence-corrected chi connectivity index (χ0v) is 15.9. The number of hydrogen-bond donors (Lipinski definition) is 4. The first-order chi connectivity index (χ1) is 13.3. The second-order valence-electron chi connectivity index (χ2n) is 7.02. The van der Waals surface area contributed by atoms with Crippen LogP contribution >= 0.6 is 0 Å². The Morgan fingerprint density at radius 3 is 2.57 bits per heavy atom. The first-order valence-corrected chi connectivity index (χ1v) is 8.97. The number of carbonyl (C=O) groups excluding carboxylic acids is 1. The number of anilines is 2. The number of carbonyl (C=O) groups is 1. The van der Waals surface area contributed by atoms with Crippen LogP contribution in [0.5, 0.6) is 0 Å². The zero-order chi connectivity index (χ0) is 20.0. The number of imidazole rings is 1. The van der Waals surface area contributed by atoms with Gasteiger partial charge in [-0.3, -0.25) is 10.2 Å². The smallest absolute Gasteiger partial charge is 0.221 e. The fourth-order valence-corrected chi connectivity index (χ4v) is 3.36. The molecule has 0 spiro atoms. The molecule has 4 rings (SSSR count). The zero-order valence-electron chi connectivity index (χ0n) is 15.9. The largest absolute Gasteiger partial charge is 0.509 e. The lowest BCUT2D eigenvalue weighted by molar-refractivity contribution is -0.114. The molecule has 2 aromatic carbocycles. The van der Waals surface area contributed by atoms with Gasteiger partial charge in [-0.1, -0.05) is 0 Å². The summed E-state index contributed by atoms with van der Waals surface area (Å²) in [7, 11) is 0. The maximum Gasteiger partial charge on any atom is 0.221 e. The molecule has 0 fully saturated rings. The molecule has 0 saturated carbocycles. The van der Waals surface area contributed by atoms with E-state index in [1.165, 1.54) is 6.92 Å². The second kappa shape index (κ2) is 6.53. The van der Waals surface area contributed by atoms with Crippen molar-refractivity contribution in [1.29, 1.82) is 5.41 Å². The Balaban J connectivity index is 1.64. The van der Waals surface area contributed by atoms with Crippen LogP contribution in [0.1, 0.15) is 23.9 Å². The van der Waals surface area contributed by atoms with Crippen LogP contribution in [-0.2, 0) is 4.79 Å². The highest BCUT2D eigenvalue weighted by Gasteiger charge is 2.31. The minimum Gasteiger partial charge on any atom is -0.509 e. The number of fused-ring (bicyclic) bond motifs is 1. The fraction of sp³-hybridized carbons (Fsp3) is 0.190. The summed E-state index contributed by atoms with van der Waals surface area (Å²) in [5.74, 6) is 0.624. The molecule has 0 atom stereocenters. The molecule has 1 aliphatic rings. The van der Waals surface area contributed by atoms with Crippen LogP contribution in [-0.4, -0.2) is 33.4 Å². The number of amides is 1. The minimum atomic E-state index is -0.140. The standard InChI is InChI=1S/C21H21N5O2/c1-11-8-16-17(9-12(11)2)25-21(24-16)19-18(28)10-26(20(19)22)15-6-4-14(5-7-15)23-13(3)27/h4-9,22,28H,10H2,1-3H3,(H,23,27)(H,24,25). The molecule has 1 aromatic heterocycles. The van der Waals surface area contributed by atoms with E-state index >= 15 is 0 Å². The van der Waals surface area contributed by atoms with E-state index in [1.54, 1.807) is 29.2 Å². The lowest BCUT2D eigenvalue weighted by Gasteiger charge is -2.19. The van der Waals surface area contributed by atoms with Crippen LogP contribution in [0, 0.1) is 19.3 Å². The summed E-state index contributed by atoms with van der Waals surface area (Å²) in [6.45, 7) is 5.72. The van der Waals surface area contributed by atoms with E-state index in [9.17, 15) is 9.90 Å². The molecule has 7 nitrogen and oxygen atoms in total. The lowest BCUT2D eigenvalue weighted by atomic mass is 10.1. The maximum atomic E-state index is 11.2. The third-order valence-corrected chi connectivity index (χ3v) is 4.94. The summed E-state index contributed by atoms with van der Waals surface area (Å²) >= 11 is 0. The number of hydrogen-bond acceptors (Lipinski definition) is 4. The highest BCUT2D eigenvalue weighted by atomic mass is 16.3. The Morgan fingerprint density at radius 1 is 1.21 bits per heavy atom. The highest BCUT2D eigenvalue weighted by Crippen LogP contribution is 2.31. The first kappa shape index (κ1) is 17.8. The van der Waals surface area contributed by atoms with Crippen molar-refractivity contribution in [2.75, 3.05) is 16.8 Å². The SMILES string of the molecule is CC(=O)Nc1ccc(N2CC(O)=C(c3nc4cc(C)c(C)cc4[nH]3)C2=N)cc1. The van der Waals surface area contributed by atoms with Gasteiger partial charge in [-0.15, -0.1) is 0 Å². The molecule has 0 bridgehead atoms. The van der Waals surface area contributed by atoms with Gasteiger partial charge in [-0.2, -0.15) is 0 Å². The van der Waals surface area contributed by atoms with Gasteiger partial charge in [-0.25, -0.2) is 4.98 Å². The molecule has 4 N–H and O–H groups in total. The van der Waals surface area contributed by atoms with Gasteiger partial charge in [-0.05, 0) is 61.4 Å². The van der Waals surface area contributed by atoms with E-state index in [4.69, 9.17) is 5.41 Å². The number of aromatic amines is 1. The summed E-state index contributed by atoms with van der Waals surface area (Å²) in [6, 6.07) is 11.2. The summed E-state index contributed by atoms with van der Waals surface area (Å²) in [6.07, 6.45) is 0. The van der Waals surface area contributed by atoms with Gasteiger partial charge in [0.1, 0.15) is 17.4 Å². The van der Waals surface area contributed by atoms with E-state index in [0.29, 0.717) is 17.1 Å². The van der Waals surface area contributed by atoms with Gasteiger partial charge in [0, 0.05) is 18.3 Å². The number of H-pyrrole nitrogens is 1. The van der Waals surface area contributed by atoms with Gasteiger partial charge in [0.25, 0.3) is 0 Å². The van der Waals surface area contributed by atoms with Gasteiger partial charge in [0.2, 0.25) is 5.91 Å². The Kier molecular flexibility index (Phi) is 4.15. The summed E-state index contributed by atoms with van der Waals surface area (Å²) in [4.78, 5) is 20.7. The van der Waals surface area contributed by atoms with Gasteiger partial charge < -0.3 is 20.3 Å². The normalized spacial score (nSPS) is 14.2. The van der Waals surface area contributed by atoms with Gasteiger partial charge >= 0.3 is 0 Å². The van der Waals surface area contributed by atoms with Crippen molar-refractivity contribution in [3.63, 3.8) is 0 Å². The average Bonchev–Trinajstić information content (AvgIpc) is 3.15. The number of aliphatic hydroxyl groups excluding tert-OH is 1. The average molecular weight is 375 g/mol. The minimum absolute atomic E-state index is 0.100. The third kappa shape index (κ3) is 3.00. The van der Waals surface area contributed by atoms with Gasteiger partial charge in [0.05, 0.1) is 23.2 Å². The van der Waals surface area contributed by atoms with E-state index in [0.717, 1.165) is 27.8 Å². The van der Waals surface area contributed by atoms with E-state index in [-0.39, 0.29) is 24.0 Å². The number of nitrogens with zero attached hydrogens (tertiary/aromatic N) is 2. The molecule has 0 saturated heterocycles. The Bertz CT molecular complexity index is 1100. The number of aryl methyl sites for hydroxylation is 2. The molecule has 7 heteroatoms. The lowest BCUT2D eigenvalue weighted by Crippen LogP contribution is -2.26. The predicted octanol–water partition coefficient (Wildman–Crippen LogP) is 3.90. The number of benzene rings is 2. The van der Waals surface area contributed by atoms with Crippen LogP contribution < -0.4 is 10.2 Å². The van der Waals surface area contributed by atoms with Crippen molar-refractivity contribution in [2.24, 2.45) is 0 Å². The van der Waals surface area contributed by atoms with Crippen molar-refractivity contribution in [1.82, 2.24) is 9.97 Å². The number of nitrogens with one attached hydrogen (secondary N) is 3. The number of aromatic nitrogens is 2. The molecular weight excluding hydrogens is 354 g/mol. The Morgan fingerprint density at radius 2 is 1.89 bits per heavy atom. The van der Waals surface area contributed by atoms with E-state index in [1.807, 2.05) is 26.0 Å². The Labute approximate surface area is 162 Å². The topological polar surface area (TPSA) is 105 Å². The molecule has 28 heavy (non-hydrogen) atoms. The molecule has 0 unspecified atom stereocenters. The monoisotopic (exact) mass is 375 g/mol. The van der Waals surface area contributed by atoms with Crippen molar-refractivity contribution in [2.45, 2.75) is 20.8 Å². The molecule has 3 aromatic rings. The summed E-state index contributed by atoms with van der Waals surface area (Å²) in [5.41, 5.74) is 5.83. The first-order valence-electron chi connectivity index (χ1n) is 8.97. The summed E-state index contributed by atoms with van der Waals surface area (Å²) < 4.78 is 0. The predicted molar refractivity (Wildman–Crippen MR) is 111 cm³/mol. The van der Waals surface area contributed by atoms with Gasteiger partial charge in [0.15, 0.2) is 0 Å². The van der Waals surface area contributed by atoms with Crippen molar-refractivity contribution in [3.8, 4) is 0 Å². The van der Waals surface area contributed by atoms with Crippen molar-refractivity contribution >= 4 is 39.7 Å². The van der Waals surface area contributed by atoms with E-state index in [2.05, 4.69) is 15.3 Å². The van der Waals surface area contributed by atoms with Crippen molar-refractivity contribution in [3.05, 3.63) is 59.1 Å². The number of rotatable bonds is 3. The molecule has 2 heterocycles. The van der Waals surface area contributed by atoms with Crippen LogP contribution in [0.15, 0.2) is 42.2 Å². The summed E-state index contributed by atoms with van der Waals surface area (Å²) in [5, 5.41) is 21.8. The highest BCUT2D eigenvalue weighted by molar-refractivity contribution is 6.30. The fourth-order valence-electron chi connectivity index (χ4n) is 3.36. The maximum absolute atomic E-state index is 11.2. The Hall–Kier alpha value is -3.61.